The highest BCUT2D eigenvalue weighted by Gasteiger charge is 2.64. The minimum Gasteiger partial charge on any atom is -0.393 e. The fourth-order valence-electron chi connectivity index (χ4n) is 10.5. The molecule has 5 aliphatic carbocycles. The molecule has 0 spiro atoms. The number of amides is 1. The molecule has 0 aromatic heterocycles. The van der Waals surface area contributed by atoms with Crippen LogP contribution in [0.5, 0.6) is 0 Å². The summed E-state index contributed by atoms with van der Waals surface area (Å²) in [4.78, 5) is 12.8. The topological polar surface area (TPSA) is 104 Å². The van der Waals surface area contributed by atoms with Gasteiger partial charge in [0.25, 0.3) is 0 Å². The van der Waals surface area contributed by atoms with Gasteiger partial charge in [0.2, 0.25) is 15.9 Å². The lowest BCUT2D eigenvalue weighted by molar-refractivity contribution is -0.203. The summed E-state index contributed by atoms with van der Waals surface area (Å²) in [6.45, 7) is 11.3. The summed E-state index contributed by atoms with van der Waals surface area (Å²) in [5, 5.41) is 22.0. The van der Waals surface area contributed by atoms with Crippen LogP contribution in [0.2, 0.25) is 0 Å². The Morgan fingerprint density at radius 1 is 0.946 bits per heavy atom. The molecule has 212 valence electrons. The molecular weight excluding hydrogens is 486 g/mol. The summed E-state index contributed by atoms with van der Waals surface area (Å²) in [5.41, 5.74) is 0.349. The van der Waals surface area contributed by atoms with Crippen LogP contribution in [0.3, 0.4) is 0 Å². The van der Waals surface area contributed by atoms with E-state index >= 15 is 0 Å². The molecule has 7 heteroatoms. The zero-order chi connectivity index (χ0) is 26.9. The second-order valence-electron chi connectivity index (χ2n) is 14.4. The van der Waals surface area contributed by atoms with Crippen molar-refractivity contribution in [2.75, 3.05) is 0 Å². The van der Waals surface area contributed by atoms with Crippen LogP contribution in [0.1, 0.15) is 105 Å². The summed E-state index contributed by atoms with van der Waals surface area (Å²) in [6, 6.07) is 0. The molecule has 5 rings (SSSR count). The van der Waals surface area contributed by atoms with Crippen LogP contribution < -0.4 is 4.72 Å². The average Bonchev–Trinajstić information content (AvgIpc) is 3.63. The van der Waals surface area contributed by atoms with Gasteiger partial charge in [0, 0.05) is 5.92 Å². The molecule has 0 bridgehead atoms. The minimum absolute atomic E-state index is 0.146. The molecular formula is C30H51NO5S. The maximum Gasteiger partial charge on any atom is 0.237 e. The van der Waals surface area contributed by atoms with Gasteiger partial charge in [-0.05, 0) is 116 Å². The van der Waals surface area contributed by atoms with Gasteiger partial charge >= 0.3 is 0 Å². The number of aliphatic hydroxyl groups is 2. The highest BCUT2D eigenvalue weighted by Crippen LogP contribution is 2.69. The monoisotopic (exact) mass is 537 g/mol. The van der Waals surface area contributed by atoms with E-state index in [0.29, 0.717) is 54.8 Å². The normalized spacial score (nSPS) is 47.3. The summed E-state index contributed by atoms with van der Waals surface area (Å²) in [6.07, 6.45) is 9.84. The number of fused-ring (bicyclic) bond motifs is 5. The molecule has 3 N–H and O–H groups in total. The van der Waals surface area contributed by atoms with E-state index in [4.69, 9.17) is 0 Å². The number of aliphatic hydroxyl groups excluding tert-OH is 2. The number of nitrogens with one attached hydrogen (secondary N) is 1. The van der Waals surface area contributed by atoms with E-state index in [-0.39, 0.29) is 46.0 Å². The van der Waals surface area contributed by atoms with Gasteiger partial charge in [0.1, 0.15) is 0 Å². The average molecular weight is 538 g/mol. The van der Waals surface area contributed by atoms with E-state index in [1.807, 2.05) is 6.92 Å². The first-order chi connectivity index (χ1) is 17.3. The van der Waals surface area contributed by atoms with E-state index in [1.54, 1.807) is 0 Å². The Morgan fingerprint density at radius 2 is 1.59 bits per heavy atom. The van der Waals surface area contributed by atoms with Crippen molar-refractivity contribution < 1.29 is 23.4 Å². The second kappa shape index (κ2) is 9.76. The van der Waals surface area contributed by atoms with Crippen LogP contribution in [-0.2, 0) is 14.8 Å². The van der Waals surface area contributed by atoms with Crippen molar-refractivity contribution >= 4 is 15.9 Å². The Kier molecular flexibility index (Phi) is 7.36. The Hall–Kier alpha value is -0.660. The first-order valence-corrected chi connectivity index (χ1v) is 16.8. The Bertz CT molecular complexity index is 980. The number of hydrogen-bond acceptors (Lipinski definition) is 5. The van der Waals surface area contributed by atoms with Crippen molar-refractivity contribution in [1.82, 2.24) is 4.72 Å². The standard InChI is InChI=1S/C30H51NO5S/c1-6-21-25-16-19(32)11-13-30(25,5)24-12-14-29(4)22(9-10-23(29)26(24)27(21)33)17(2)15-18(3)28(34)31-37(35,36)20-7-8-20/h17-27,32-33H,6-16H2,1-5H3,(H,31,34)/t17-,18-,19-,21-,22-,23+,24+,25?,26+,27-,29-,30-/m1/s1. The fraction of sp³-hybridized carbons (Fsp3) is 0.967. The smallest absolute Gasteiger partial charge is 0.237 e. The van der Waals surface area contributed by atoms with Gasteiger partial charge in [-0.2, -0.15) is 0 Å². The predicted molar refractivity (Wildman–Crippen MR) is 145 cm³/mol. The molecule has 1 unspecified atom stereocenters. The Balaban J connectivity index is 1.31. The summed E-state index contributed by atoms with van der Waals surface area (Å²) in [5.74, 6) is 2.13. The predicted octanol–water partition coefficient (Wildman–Crippen LogP) is 4.88. The Morgan fingerprint density at radius 3 is 2.24 bits per heavy atom. The van der Waals surface area contributed by atoms with Gasteiger partial charge in [-0.25, -0.2) is 8.42 Å². The molecule has 5 fully saturated rings. The maximum atomic E-state index is 12.8. The number of carbonyl (C=O) groups excluding carboxylic acids is 1. The highest BCUT2D eigenvalue weighted by molar-refractivity contribution is 7.90. The summed E-state index contributed by atoms with van der Waals surface area (Å²) < 4.78 is 26.9. The third-order valence-electron chi connectivity index (χ3n) is 12.5. The van der Waals surface area contributed by atoms with Gasteiger partial charge in [-0.3, -0.25) is 9.52 Å². The molecule has 0 radical (unpaired) electrons. The first kappa shape index (κ1) is 27.9. The molecule has 0 aromatic rings. The van der Waals surface area contributed by atoms with Crippen molar-refractivity contribution in [2.24, 2.45) is 58.2 Å². The van der Waals surface area contributed by atoms with Crippen molar-refractivity contribution in [1.29, 1.82) is 0 Å². The van der Waals surface area contributed by atoms with E-state index in [1.165, 1.54) is 6.42 Å². The zero-order valence-corrected chi connectivity index (χ0v) is 24.5. The van der Waals surface area contributed by atoms with Gasteiger partial charge in [-0.15, -0.1) is 0 Å². The number of rotatable bonds is 7. The van der Waals surface area contributed by atoms with Crippen LogP contribution in [0, 0.1) is 58.2 Å². The van der Waals surface area contributed by atoms with Gasteiger partial charge < -0.3 is 10.2 Å². The van der Waals surface area contributed by atoms with Crippen LogP contribution in [0.4, 0.5) is 0 Å². The molecule has 0 aromatic carbocycles. The van der Waals surface area contributed by atoms with Gasteiger partial charge in [0.15, 0.2) is 0 Å². The van der Waals surface area contributed by atoms with Crippen molar-refractivity contribution in [3.05, 3.63) is 0 Å². The maximum absolute atomic E-state index is 12.8. The zero-order valence-electron chi connectivity index (χ0n) is 23.7. The third-order valence-corrected chi connectivity index (χ3v) is 14.4. The van der Waals surface area contributed by atoms with Gasteiger partial charge in [-0.1, -0.05) is 41.0 Å². The molecule has 0 aliphatic heterocycles. The largest absolute Gasteiger partial charge is 0.393 e. The molecule has 12 atom stereocenters. The Labute approximate surface area is 224 Å². The van der Waals surface area contributed by atoms with Crippen LogP contribution >= 0.6 is 0 Å². The minimum atomic E-state index is -3.51. The highest BCUT2D eigenvalue weighted by atomic mass is 32.2. The van der Waals surface area contributed by atoms with Crippen molar-refractivity contribution in [3.8, 4) is 0 Å². The van der Waals surface area contributed by atoms with Crippen LogP contribution in [0.15, 0.2) is 0 Å². The third kappa shape index (κ3) is 4.61. The SMILES string of the molecule is CC[C@@H]1C2C[C@H](O)CC[C@]2(C)[C@H]2CC[C@]3(C)[C@@H]([C@H](C)C[C@@H](C)C(=O)NS(=O)(=O)C4CC4)CC[C@H]3[C@@H]2[C@@H]1O. The van der Waals surface area contributed by atoms with Crippen LogP contribution in [0.25, 0.3) is 0 Å². The summed E-state index contributed by atoms with van der Waals surface area (Å²) >= 11 is 0. The van der Waals surface area contributed by atoms with Crippen LogP contribution in [-0.4, -0.2) is 42.0 Å². The first-order valence-electron chi connectivity index (χ1n) is 15.2. The van der Waals surface area contributed by atoms with E-state index in [9.17, 15) is 23.4 Å². The lowest BCUT2D eigenvalue weighted by atomic mass is 9.41. The van der Waals surface area contributed by atoms with Gasteiger partial charge in [0.05, 0.1) is 17.5 Å². The molecule has 5 aliphatic rings. The van der Waals surface area contributed by atoms with E-state index in [0.717, 1.165) is 44.9 Å². The summed E-state index contributed by atoms with van der Waals surface area (Å²) in [7, 11) is -3.51. The molecule has 0 saturated heterocycles. The lowest BCUT2D eigenvalue weighted by Crippen LogP contribution is -2.62. The van der Waals surface area contributed by atoms with E-state index in [2.05, 4.69) is 32.4 Å². The van der Waals surface area contributed by atoms with E-state index < -0.39 is 10.0 Å². The lowest BCUT2D eigenvalue weighted by Gasteiger charge is -2.64. The second-order valence-corrected chi connectivity index (χ2v) is 16.4. The molecule has 5 saturated carbocycles. The van der Waals surface area contributed by atoms with Crippen molar-refractivity contribution in [2.45, 2.75) is 123 Å². The quantitative estimate of drug-likeness (QED) is 0.429. The molecule has 0 heterocycles. The molecule has 37 heavy (non-hydrogen) atoms. The number of carbonyl (C=O) groups is 1. The number of sulfonamides is 1. The fourth-order valence-corrected chi connectivity index (χ4v) is 11.9. The molecule has 1 amide bonds. The number of hydrogen-bond donors (Lipinski definition) is 3. The van der Waals surface area contributed by atoms with Crippen molar-refractivity contribution in [3.63, 3.8) is 0 Å². The molecule has 6 nitrogen and oxygen atoms in total.